The van der Waals surface area contributed by atoms with Crippen molar-refractivity contribution in [3.63, 3.8) is 0 Å². The van der Waals surface area contributed by atoms with E-state index in [1.807, 2.05) is 48.5 Å². The molecule has 0 fully saturated rings. The number of hydrogen-bond donors (Lipinski definition) is 1. The highest BCUT2D eigenvalue weighted by Gasteiger charge is 2.17. The fraction of sp³-hybridized carbons (Fsp3) is 0.400. The van der Waals surface area contributed by atoms with Gasteiger partial charge in [-0.05, 0) is 24.0 Å². The molecule has 1 amide bonds. The van der Waals surface area contributed by atoms with E-state index in [2.05, 4.69) is 44.0 Å². The topological polar surface area (TPSA) is 58.1 Å². The quantitative estimate of drug-likeness (QED) is 0.550. The molecule has 0 aliphatic rings. The molecule has 3 aromatic rings. The van der Waals surface area contributed by atoms with Crippen molar-refractivity contribution in [1.82, 2.24) is 15.3 Å². The fourth-order valence-corrected chi connectivity index (χ4v) is 3.38. The lowest BCUT2D eigenvalue weighted by molar-refractivity contribution is -0.121. The third kappa shape index (κ3) is 5.78. The van der Waals surface area contributed by atoms with Gasteiger partial charge in [0.15, 0.2) is 5.82 Å². The van der Waals surface area contributed by atoms with Crippen molar-refractivity contribution in [2.24, 2.45) is 11.8 Å². The van der Waals surface area contributed by atoms with Crippen LogP contribution in [0.2, 0.25) is 0 Å². The lowest BCUT2D eigenvalue weighted by Crippen LogP contribution is -2.35. The molecular formula is C25H32N4O. The molecule has 2 aromatic carbocycles. The van der Waals surface area contributed by atoms with E-state index < -0.39 is 0 Å². The molecule has 0 bridgehead atoms. The molecule has 1 heterocycles. The fourth-order valence-electron chi connectivity index (χ4n) is 3.38. The molecule has 1 aromatic heterocycles. The second-order valence-electron chi connectivity index (χ2n) is 8.54. The molecule has 0 aliphatic carbocycles. The van der Waals surface area contributed by atoms with Gasteiger partial charge in [0.2, 0.25) is 5.91 Å². The van der Waals surface area contributed by atoms with Gasteiger partial charge in [-0.2, -0.15) is 0 Å². The Morgan fingerprint density at radius 1 is 0.933 bits per heavy atom. The molecule has 0 saturated heterocycles. The number of nitrogens with zero attached hydrogens (tertiary/aromatic N) is 3. The number of amides is 1. The smallest absolute Gasteiger partial charge is 0.221 e. The van der Waals surface area contributed by atoms with Crippen LogP contribution in [0.15, 0.2) is 54.6 Å². The first-order chi connectivity index (χ1) is 14.4. The van der Waals surface area contributed by atoms with E-state index in [4.69, 9.17) is 9.97 Å². The highest BCUT2D eigenvalue weighted by molar-refractivity contribution is 5.91. The summed E-state index contributed by atoms with van der Waals surface area (Å²) in [5.41, 5.74) is 1.91. The van der Waals surface area contributed by atoms with E-state index in [1.54, 1.807) is 0 Å². The van der Waals surface area contributed by atoms with Gasteiger partial charge >= 0.3 is 0 Å². The molecule has 3 rings (SSSR count). The normalized spacial score (nSPS) is 11.3. The summed E-state index contributed by atoms with van der Waals surface area (Å²) < 4.78 is 0. The minimum atomic E-state index is 0.0825. The minimum Gasteiger partial charge on any atom is -0.356 e. The molecule has 5 heteroatoms. The van der Waals surface area contributed by atoms with Crippen LogP contribution in [0.4, 0.5) is 5.82 Å². The van der Waals surface area contributed by atoms with Gasteiger partial charge in [0.25, 0.3) is 0 Å². The van der Waals surface area contributed by atoms with Crippen molar-refractivity contribution in [2.75, 3.05) is 24.5 Å². The first-order valence-electron chi connectivity index (χ1n) is 10.8. The Bertz CT molecular complexity index is 969. The summed E-state index contributed by atoms with van der Waals surface area (Å²) in [4.78, 5) is 24.3. The SMILES string of the molecule is CC(C)CNC(=O)CCN(CC(C)C)c1nc(-c2ccccc2)nc2ccccc12. The summed E-state index contributed by atoms with van der Waals surface area (Å²) in [5.74, 6) is 2.57. The van der Waals surface area contributed by atoms with Gasteiger partial charge in [0, 0.05) is 37.0 Å². The third-order valence-electron chi connectivity index (χ3n) is 4.82. The Balaban J connectivity index is 1.95. The van der Waals surface area contributed by atoms with Gasteiger partial charge in [-0.1, -0.05) is 70.2 Å². The summed E-state index contributed by atoms with van der Waals surface area (Å²) in [6, 6.07) is 18.1. The summed E-state index contributed by atoms with van der Waals surface area (Å²) in [6.07, 6.45) is 0.443. The number of aromatic nitrogens is 2. The van der Waals surface area contributed by atoms with Crippen LogP contribution in [-0.4, -0.2) is 35.5 Å². The van der Waals surface area contributed by atoms with Crippen LogP contribution in [0.25, 0.3) is 22.3 Å². The zero-order chi connectivity index (χ0) is 21.5. The number of carbonyl (C=O) groups excluding carboxylic acids is 1. The maximum atomic E-state index is 12.4. The van der Waals surface area contributed by atoms with E-state index in [0.717, 1.165) is 28.8 Å². The van der Waals surface area contributed by atoms with E-state index in [9.17, 15) is 4.79 Å². The van der Waals surface area contributed by atoms with E-state index in [1.165, 1.54) is 0 Å². The Hall–Kier alpha value is -2.95. The van der Waals surface area contributed by atoms with Crippen LogP contribution >= 0.6 is 0 Å². The van der Waals surface area contributed by atoms with Crippen molar-refractivity contribution in [3.8, 4) is 11.4 Å². The molecule has 0 unspecified atom stereocenters. The number of anilines is 1. The monoisotopic (exact) mass is 404 g/mol. The molecule has 158 valence electrons. The zero-order valence-corrected chi connectivity index (χ0v) is 18.4. The lowest BCUT2D eigenvalue weighted by Gasteiger charge is -2.27. The predicted octanol–water partition coefficient (Wildman–Crippen LogP) is 4.92. The summed E-state index contributed by atoms with van der Waals surface area (Å²) in [5, 5.41) is 4.03. The maximum Gasteiger partial charge on any atom is 0.221 e. The van der Waals surface area contributed by atoms with E-state index >= 15 is 0 Å². The van der Waals surface area contributed by atoms with Crippen LogP contribution in [0.5, 0.6) is 0 Å². The Labute approximate surface area is 179 Å². The van der Waals surface area contributed by atoms with Gasteiger partial charge in [0.05, 0.1) is 5.52 Å². The summed E-state index contributed by atoms with van der Waals surface area (Å²) in [7, 11) is 0. The number of para-hydroxylation sites is 1. The Morgan fingerprint density at radius 2 is 1.63 bits per heavy atom. The zero-order valence-electron chi connectivity index (χ0n) is 18.4. The average molecular weight is 405 g/mol. The molecule has 0 spiro atoms. The molecule has 1 N–H and O–H groups in total. The number of fused-ring (bicyclic) bond motifs is 1. The average Bonchev–Trinajstić information content (AvgIpc) is 2.74. The highest BCUT2D eigenvalue weighted by atomic mass is 16.1. The van der Waals surface area contributed by atoms with Gasteiger partial charge in [-0.25, -0.2) is 9.97 Å². The number of rotatable bonds is 9. The van der Waals surface area contributed by atoms with Crippen molar-refractivity contribution >= 4 is 22.6 Å². The lowest BCUT2D eigenvalue weighted by atomic mass is 10.1. The predicted molar refractivity (Wildman–Crippen MR) is 124 cm³/mol. The number of carbonyl (C=O) groups is 1. The molecule has 0 saturated carbocycles. The van der Waals surface area contributed by atoms with Crippen molar-refractivity contribution < 1.29 is 4.79 Å². The molecular weight excluding hydrogens is 372 g/mol. The first-order valence-corrected chi connectivity index (χ1v) is 10.8. The van der Waals surface area contributed by atoms with E-state index in [-0.39, 0.29) is 5.91 Å². The van der Waals surface area contributed by atoms with E-state index in [0.29, 0.717) is 37.2 Å². The van der Waals surface area contributed by atoms with Crippen LogP contribution < -0.4 is 10.2 Å². The summed E-state index contributed by atoms with van der Waals surface area (Å²) >= 11 is 0. The van der Waals surface area contributed by atoms with Crippen LogP contribution in [-0.2, 0) is 4.79 Å². The third-order valence-corrected chi connectivity index (χ3v) is 4.82. The minimum absolute atomic E-state index is 0.0825. The Morgan fingerprint density at radius 3 is 2.33 bits per heavy atom. The molecule has 5 nitrogen and oxygen atoms in total. The van der Waals surface area contributed by atoms with Crippen molar-refractivity contribution in [1.29, 1.82) is 0 Å². The second kappa shape index (κ2) is 10.2. The first kappa shape index (κ1) is 21.8. The molecule has 0 aliphatic heterocycles. The number of hydrogen-bond acceptors (Lipinski definition) is 4. The van der Waals surface area contributed by atoms with Crippen molar-refractivity contribution in [3.05, 3.63) is 54.6 Å². The molecule has 0 atom stereocenters. The van der Waals surface area contributed by atoms with Crippen molar-refractivity contribution in [2.45, 2.75) is 34.1 Å². The second-order valence-corrected chi connectivity index (χ2v) is 8.54. The van der Waals surface area contributed by atoms with Gasteiger partial charge in [-0.3, -0.25) is 4.79 Å². The van der Waals surface area contributed by atoms with Crippen LogP contribution in [0.1, 0.15) is 34.1 Å². The number of nitrogens with one attached hydrogen (secondary N) is 1. The highest BCUT2D eigenvalue weighted by Crippen LogP contribution is 2.28. The summed E-state index contributed by atoms with van der Waals surface area (Å²) in [6.45, 7) is 10.7. The van der Waals surface area contributed by atoms with Gasteiger partial charge < -0.3 is 10.2 Å². The molecule has 30 heavy (non-hydrogen) atoms. The largest absolute Gasteiger partial charge is 0.356 e. The standard InChI is InChI=1S/C25H32N4O/c1-18(2)16-26-23(30)14-15-29(17-19(3)4)25-21-12-8-9-13-22(21)27-24(28-25)20-10-6-5-7-11-20/h5-13,18-19H,14-17H2,1-4H3,(H,26,30). The van der Waals surface area contributed by atoms with Crippen LogP contribution in [0, 0.1) is 11.8 Å². The number of benzene rings is 2. The Kier molecular flexibility index (Phi) is 7.39. The van der Waals surface area contributed by atoms with Gasteiger partial charge in [0.1, 0.15) is 5.82 Å². The van der Waals surface area contributed by atoms with Crippen LogP contribution in [0.3, 0.4) is 0 Å². The maximum absolute atomic E-state index is 12.4. The van der Waals surface area contributed by atoms with Gasteiger partial charge in [-0.15, -0.1) is 0 Å². The molecule has 0 radical (unpaired) electrons.